The number of benzene rings is 2. The van der Waals surface area contributed by atoms with Gasteiger partial charge in [0.15, 0.2) is 17.2 Å². The molecule has 0 aromatic heterocycles. The van der Waals surface area contributed by atoms with E-state index in [2.05, 4.69) is 5.32 Å². The molecule has 0 saturated carbocycles. The third kappa shape index (κ3) is 5.21. The standard InChI is InChI=1S/C14H13NO6.C8H9NO3/c1-3-21-13-9(10(16)11(13)17)15-8-6-4-5-7(14(18)19)12(8)20-2;1-12-7-5(8(10)11)3-2-4-6(7)9/h4-6,15H,3H2,1-2H3,(H,18,19);2-4H,9H2,1H3,(H,10,11). The van der Waals surface area contributed by atoms with E-state index in [4.69, 9.17) is 30.2 Å². The van der Waals surface area contributed by atoms with Crippen molar-refractivity contribution in [2.24, 2.45) is 0 Å². The zero-order chi connectivity index (χ0) is 24.7. The maximum Gasteiger partial charge on any atom is 0.339 e. The predicted octanol–water partition coefficient (Wildman–Crippen LogP) is 2.11. The van der Waals surface area contributed by atoms with Crippen LogP contribution in [0.25, 0.3) is 0 Å². The van der Waals surface area contributed by atoms with E-state index in [9.17, 15) is 19.2 Å². The molecule has 0 atom stereocenters. The number of hydrogen-bond acceptors (Lipinski definition) is 9. The van der Waals surface area contributed by atoms with Crippen LogP contribution in [0.15, 0.2) is 46.0 Å². The summed E-state index contributed by atoms with van der Waals surface area (Å²) in [6, 6.07) is 9.01. The molecule has 0 aliphatic heterocycles. The van der Waals surface area contributed by atoms with Gasteiger partial charge >= 0.3 is 11.9 Å². The molecule has 33 heavy (non-hydrogen) atoms. The van der Waals surface area contributed by atoms with Gasteiger partial charge in [0, 0.05) is 0 Å². The lowest BCUT2D eigenvalue weighted by Gasteiger charge is -2.16. The summed E-state index contributed by atoms with van der Waals surface area (Å²) in [7, 11) is 2.71. The monoisotopic (exact) mass is 458 g/mol. The second kappa shape index (κ2) is 10.7. The fourth-order valence-corrected chi connectivity index (χ4v) is 2.88. The van der Waals surface area contributed by atoms with Crippen molar-refractivity contribution in [1.29, 1.82) is 0 Å². The van der Waals surface area contributed by atoms with Crippen LogP contribution in [0.5, 0.6) is 17.2 Å². The molecular weight excluding hydrogens is 436 g/mol. The number of methoxy groups -OCH3 is 2. The number of carboxylic acids is 2. The number of ether oxygens (including phenoxy) is 3. The topological polar surface area (TPSA) is 174 Å². The number of aromatic carboxylic acids is 2. The van der Waals surface area contributed by atoms with Gasteiger partial charge in [-0.3, -0.25) is 9.59 Å². The Bertz CT molecular complexity index is 1240. The van der Waals surface area contributed by atoms with Crippen LogP contribution < -0.4 is 36.1 Å². The van der Waals surface area contributed by atoms with Crippen LogP contribution in [-0.4, -0.2) is 43.0 Å². The minimum absolute atomic E-state index is 0.00249. The number of nitrogens with one attached hydrogen (secondary N) is 1. The van der Waals surface area contributed by atoms with E-state index >= 15 is 0 Å². The fourth-order valence-electron chi connectivity index (χ4n) is 2.88. The molecule has 5 N–H and O–H groups in total. The van der Waals surface area contributed by atoms with E-state index in [0.29, 0.717) is 5.69 Å². The molecule has 0 fully saturated rings. The first-order valence-corrected chi connectivity index (χ1v) is 9.47. The maximum atomic E-state index is 11.6. The molecule has 0 saturated heterocycles. The second-order valence-electron chi connectivity index (χ2n) is 6.35. The average Bonchev–Trinajstić information content (AvgIpc) is 2.80. The van der Waals surface area contributed by atoms with Crippen molar-refractivity contribution in [3.8, 4) is 17.2 Å². The number of carboxylic acid groups (broad SMARTS) is 2. The molecule has 0 amide bonds. The van der Waals surface area contributed by atoms with Gasteiger partial charge in [0.2, 0.25) is 0 Å². The molecule has 11 heteroatoms. The second-order valence-corrected chi connectivity index (χ2v) is 6.35. The van der Waals surface area contributed by atoms with Gasteiger partial charge < -0.3 is 35.5 Å². The van der Waals surface area contributed by atoms with Crippen LogP contribution >= 0.6 is 0 Å². The highest BCUT2D eigenvalue weighted by Gasteiger charge is 2.24. The van der Waals surface area contributed by atoms with Crippen molar-refractivity contribution in [3.05, 3.63) is 68.0 Å². The molecule has 0 unspecified atom stereocenters. The first-order chi connectivity index (χ1) is 15.7. The van der Waals surface area contributed by atoms with Crippen molar-refractivity contribution < 1.29 is 34.0 Å². The summed E-state index contributed by atoms with van der Waals surface area (Å²) >= 11 is 0. The normalized spacial score (nSPS) is 10.0. The first kappa shape index (κ1) is 24.7. The molecule has 0 spiro atoms. The van der Waals surface area contributed by atoms with Gasteiger partial charge in [-0.2, -0.15) is 0 Å². The van der Waals surface area contributed by atoms with Gasteiger partial charge in [-0.25, -0.2) is 9.59 Å². The van der Waals surface area contributed by atoms with Crippen molar-refractivity contribution in [1.82, 2.24) is 0 Å². The number of anilines is 3. The van der Waals surface area contributed by atoms with E-state index in [1.165, 1.54) is 38.5 Å². The van der Waals surface area contributed by atoms with E-state index in [-0.39, 0.29) is 46.4 Å². The van der Waals surface area contributed by atoms with Crippen LogP contribution in [0.1, 0.15) is 27.6 Å². The summed E-state index contributed by atoms with van der Waals surface area (Å²) in [5.41, 5.74) is 4.70. The van der Waals surface area contributed by atoms with Crippen molar-refractivity contribution >= 4 is 29.0 Å². The van der Waals surface area contributed by atoms with Gasteiger partial charge in [0.25, 0.3) is 10.9 Å². The predicted molar refractivity (Wildman–Crippen MR) is 120 cm³/mol. The van der Waals surface area contributed by atoms with E-state index in [1.54, 1.807) is 19.1 Å². The third-order valence-corrected chi connectivity index (χ3v) is 4.34. The molecule has 3 aromatic carbocycles. The number of nitrogens with two attached hydrogens (primary N) is 1. The lowest BCUT2D eigenvalue weighted by atomic mass is 10.1. The zero-order valence-corrected chi connectivity index (χ0v) is 18.0. The number of nitrogen functional groups attached to an aromatic ring is 1. The average molecular weight is 458 g/mol. The van der Waals surface area contributed by atoms with Crippen molar-refractivity contribution in [2.75, 3.05) is 31.9 Å². The number of rotatable bonds is 8. The van der Waals surface area contributed by atoms with Gasteiger partial charge in [0.1, 0.15) is 16.8 Å². The lowest BCUT2D eigenvalue weighted by molar-refractivity contribution is 0.0682. The Hall–Kier alpha value is -4.54. The highest BCUT2D eigenvalue weighted by Crippen LogP contribution is 2.33. The highest BCUT2D eigenvalue weighted by molar-refractivity contribution is 5.94. The fraction of sp³-hybridized carbons (Fsp3) is 0.182. The smallest absolute Gasteiger partial charge is 0.339 e. The molecule has 174 valence electrons. The SMILES string of the molecule is CCOc1c(Nc2cccc(C(=O)O)c2OC)c(=O)c1=O.COc1c(N)cccc1C(=O)O. The van der Waals surface area contributed by atoms with Crippen LogP contribution in [0.3, 0.4) is 0 Å². The van der Waals surface area contributed by atoms with Crippen LogP contribution in [0, 0.1) is 0 Å². The molecule has 0 aliphatic rings. The minimum Gasteiger partial charge on any atom is -0.494 e. The van der Waals surface area contributed by atoms with E-state index in [1.807, 2.05) is 0 Å². The Balaban J connectivity index is 0.000000273. The summed E-state index contributed by atoms with van der Waals surface area (Å²) in [5, 5.41) is 20.5. The number of para-hydroxylation sites is 2. The Kier molecular flexibility index (Phi) is 7.99. The van der Waals surface area contributed by atoms with Gasteiger partial charge in [-0.05, 0) is 31.2 Å². The Labute approximate surface area is 187 Å². The minimum atomic E-state index is -1.16. The lowest BCUT2D eigenvalue weighted by Crippen LogP contribution is -2.35. The summed E-state index contributed by atoms with van der Waals surface area (Å²) in [4.78, 5) is 44.7. The van der Waals surface area contributed by atoms with E-state index < -0.39 is 22.8 Å². The van der Waals surface area contributed by atoms with Gasteiger partial charge in [-0.15, -0.1) is 0 Å². The molecule has 0 bridgehead atoms. The molecule has 0 heterocycles. The molecule has 11 nitrogen and oxygen atoms in total. The van der Waals surface area contributed by atoms with Crippen LogP contribution in [0.2, 0.25) is 0 Å². The van der Waals surface area contributed by atoms with Crippen molar-refractivity contribution in [2.45, 2.75) is 6.92 Å². The maximum absolute atomic E-state index is 11.6. The molecule has 3 aromatic rings. The highest BCUT2D eigenvalue weighted by atomic mass is 16.5. The van der Waals surface area contributed by atoms with Crippen LogP contribution in [-0.2, 0) is 0 Å². The van der Waals surface area contributed by atoms with E-state index in [0.717, 1.165) is 0 Å². The molecule has 3 rings (SSSR count). The number of carbonyl (C=O) groups is 2. The van der Waals surface area contributed by atoms with Crippen LogP contribution in [0.4, 0.5) is 17.1 Å². The molecule has 0 aliphatic carbocycles. The third-order valence-electron chi connectivity index (χ3n) is 4.34. The summed E-state index contributed by atoms with van der Waals surface area (Å²) in [5.74, 6) is -1.97. The Morgan fingerprint density at radius 3 is 1.91 bits per heavy atom. The summed E-state index contributed by atoms with van der Waals surface area (Å²) in [6.07, 6.45) is 0. The Morgan fingerprint density at radius 2 is 1.42 bits per heavy atom. The van der Waals surface area contributed by atoms with Crippen molar-refractivity contribution in [3.63, 3.8) is 0 Å². The molecule has 0 radical (unpaired) electrons. The quantitative estimate of drug-likeness (QED) is 0.287. The number of hydrogen-bond donors (Lipinski definition) is 4. The largest absolute Gasteiger partial charge is 0.494 e. The Morgan fingerprint density at radius 1 is 0.879 bits per heavy atom. The first-order valence-electron chi connectivity index (χ1n) is 9.47. The zero-order valence-electron chi connectivity index (χ0n) is 18.0. The van der Waals surface area contributed by atoms with Gasteiger partial charge in [-0.1, -0.05) is 12.1 Å². The summed E-state index contributed by atoms with van der Waals surface area (Å²) < 4.78 is 15.0. The van der Waals surface area contributed by atoms with Gasteiger partial charge in [0.05, 0.1) is 32.2 Å². The summed E-state index contributed by atoms with van der Waals surface area (Å²) in [6.45, 7) is 1.93. The molecular formula is C22H22N2O9.